The molecular formula is C23H32N4O3S. The molecule has 2 aliphatic rings. The summed E-state index contributed by atoms with van der Waals surface area (Å²) in [4.78, 5) is 20.2. The lowest BCUT2D eigenvalue weighted by Gasteiger charge is -2.43. The number of imidazole rings is 1. The number of nitrogens with zero attached hydrogens (tertiary/aromatic N) is 3. The first-order valence-electron chi connectivity index (χ1n) is 11.0. The van der Waals surface area contributed by atoms with Gasteiger partial charge in [0.1, 0.15) is 11.6 Å². The third kappa shape index (κ3) is 4.33. The Balaban J connectivity index is 1.71. The van der Waals surface area contributed by atoms with E-state index in [0.717, 1.165) is 48.5 Å². The number of para-hydroxylation sites is 1. The Kier molecular flexibility index (Phi) is 6.89. The second-order valence-corrected chi connectivity index (χ2v) is 8.78. The van der Waals surface area contributed by atoms with E-state index in [9.17, 15) is 4.79 Å². The quantitative estimate of drug-likeness (QED) is 0.670. The maximum absolute atomic E-state index is 13.2. The van der Waals surface area contributed by atoms with Gasteiger partial charge >= 0.3 is 0 Å². The van der Waals surface area contributed by atoms with Crippen LogP contribution in [-0.4, -0.2) is 59.0 Å². The van der Waals surface area contributed by atoms with Gasteiger partial charge in [0.2, 0.25) is 5.91 Å². The van der Waals surface area contributed by atoms with E-state index < -0.39 is 6.04 Å². The van der Waals surface area contributed by atoms with E-state index in [-0.39, 0.29) is 11.9 Å². The van der Waals surface area contributed by atoms with Gasteiger partial charge in [0, 0.05) is 37.7 Å². The van der Waals surface area contributed by atoms with E-state index in [0.29, 0.717) is 30.9 Å². The van der Waals surface area contributed by atoms with Crippen molar-refractivity contribution < 1.29 is 14.3 Å². The van der Waals surface area contributed by atoms with E-state index in [1.54, 1.807) is 14.2 Å². The van der Waals surface area contributed by atoms with Crippen molar-refractivity contribution in [2.75, 3.05) is 26.5 Å². The zero-order valence-electron chi connectivity index (χ0n) is 18.2. The standard InChI is InChI=1S/C23H32N4O3S/c1-29-16-9-7-15(8-10-16)21-22-25-19(17-5-3-4-6-20(17)30-2)13-26(22)11-12-27(21)23(28)18(24)14-31/h3-6,13,15-16,18,21,31H,7-12,14,24H2,1-2H3. The zero-order valence-corrected chi connectivity index (χ0v) is 19.1. The van der Waals surface area contributed by atoms with Crippen molar-refractivity contribution in [3.8, 4) is 17.0 Å². The fourth-order valence-electron chi connectivity index (χ4n) is 4.97. The SMILES string of the molecule is COc1ccccc1-c1cn2c(n1)C(C1CCC(OC)CC1)N(C(=O)C(N)CS)CC2. The first kappa shape index (κ1) is 22.2. The highest BCUT2D eigenvalue weighted by Gasteiger charge is 2.41. The highest BCUT2D eigenvalue weighted by molar-refractivity contribution is 7.80. The monoisotopic (exact) mass is 444 g/mol. The van der Waals surface area contributed by atoms with Crippen molar-refractivity contribution >= 4 is 18.5 Å². The van der Waals surface area contributed by atoms with Gasteiger partial charge in [0.05, 0.1) is 31.0 Å². The molecule has 0 bridgehead atoms. The number of nitrogens with two attached hydrogens (primary N) is 1. The highest BCUT2D eigenvalue weighted by atomic mass is 32.1. The molecule has 0 spiro atoms. The molecule has 0 saturated heterocycles. The third-order valence-electron chi connectivity index (χ3n) is 6.67. The fraction of sp³-hybridized carbons (Fsp3) is 0.565. The van der Waals surface area contributed by atoms with Gasteiger partial charge in [-0.2, -0.15) is 12.6 Å². The van der Waals surface area contributed by atoms with Gasteiger partial charge in [-0.1, -0.05) is 12.1 Å². The maximum Gasteiger partial charge on any atom is 0.241 e. The minimum absolute atomic E-state index is 0.0399. The molecule has 2 atom stereocenters. The molecule has 7 nitrogen and oxygen atoms in total. The molecule has 31 heavy (non-hydrogen) atoms. The number of thiol groups is 1. The van der Waals surface area contributed by atoms with Crippen molar-refractivity contribution in [1.82, 2.24) is 14.5 Å². The topological polar surface area (TPSA) is 82.6 Å². The van der Waals surface area contributed by atoms with Crippen LogP contribution in [0.25, 0.3) is 11.3 Å². The number of carbonyl (C=O) groups is 1. The fourth-order valence-corrected chi connectivity index (χ4v) is 5.13. The smallest absolute Gasteiger partial charge is 0.241 e. The summed E-state index contributed by atoms with van der Waals surface area (Å²) in [5, 5.41) is 0. The second kappa shape index (κ2) is 9.63. The van der Waals surface area contributed by atoms with Gasteiger partial charge in [0.15, 0.2) is 0 Å². The van der Waals surface area contributed by atoms with Crippen LogP contribution in [0.1, 0.15) is 37.5 Å². The van der Waals surface area contributed by atoms with Crippen LogP contribution in [-0.2, 0) is 16.1 Å². The van der Waals surface area contributed by atoms with Gasteiger partial charge < -0.3 is 24.7 Å². The number of benzene rings is 1. The molecule has 1 fully saturated rings. The molecular weight excluding hydrogens is 412 g/mol. The van der Waals surface area contributed by atoms with Crippen molar-refractivity contribution in [3.05, 3.63) is 36.3 Å². The zero-order chi connectivity index (χ0) is 22.0. The average Bonchev–Trinajstić information content (AvgIpc) is 3.26. The summed E-state index contributed by atoms with van der Waals surface area (Å²) in [7, 11) is 3.45. The first-order chi connectivity index (χ1) is 15.1. The summed E-state index contributed by atoms with van der Waals surface area (Å²) in [6.07, 6.45) is 6.38. The van der Waals surface area contributed by atoms with Crippen LogP contribution in [0.15, 0.2) is 30.5 Å². The summed E-state index contributed by atoms with van der Waals surface area (Å²) in [6, 6.07) is 7.21. The van der Waals surface area contributed by atoms with Gasteiger partial charge in [-0.15, -0.1) is 0 Å². The summed E-state index contributed by atoms with van der Waals surface area (Å²) in [5.41, 5.74) is 7.93. The molecule has 1 aromatic carbocycles. The lowest BCUT2D eigenvalue weighted by atomic mass is 9.80. The number of amides is 1. The molecule has 1 aliphatic heterocycles. The number of rotatable bonds is 6. The molecule has 1 aliphatic carbocycles. The molecule has 1 saturated carbocycles. The summed E-state index contributed by atoms with van der Waals surface area (Å²) in [5.74, 6) is 2.35. The molecule has 1 aromatic heterocycles. The Bertz CT molecular complexity index is 910. The number of aromatic nitrogens is 2. The predicted molar refractivity (Wildman–Crippen MR) is 123 cm³/mol. The van der Waals surface area contributed by atoms with Gasteiger partial charge in [-0.25, -0.2) is 4.98 Å². The van der Waals surface area contributed by atoms with Crippen molar-refractivity contribution in [2.45, 2.75) is 50.4 Å². The predicted octanol–water partition coefficient (Wildman–Crippen LogP) is 2.90. The Morgan fingerprint density at radius 3 is 2.65 bits per heavy atom. The van der Waals surface area contributed by atoms with Crippen LogP contribution >= 0.6 is 12.6 Å². The first-order valence-corrected chi connectivity index (χ1v) is 11.6. The number of hydrogen-bond donors (Lipinski definition) is 2. The largest absolute Gasteiger partial charge is 0.496 e. The summed E-state index contributed by atoms with van der Waals surface area (Å²) in [6.45, 7) is 1.33. The van der Waals surface area contributed by atoms with E-state index in [1.165, 1.54) is 0 Å². The number of ether oxygens (including phenoxy) is 2. The Labute approximate surface area is 189 Å². The van der Waals surface area contributed by atoms with Crippen LogP contribution in [0.3, 0.4) is 0 Å². The molecule has 0 radical (unpaired) electrons. The lowest BCUT2D eigenvalue weighted by molar-refractivity contribution is -0.138. The highest BCUT2D eigenvalue weighted by Crippen LogP contribution is 2.42. The molecule has 2 aromatic rings. The van der Waals surface area contributed by atoms with Crippen molar-refractivity contribution in [1.29, 1.82) is 0 Å². The van der Waals surface area contributed by atoms with Crippen LogP contribution in [0.4, 0.5) is 0 Å². The normalized spacial score (nSPS) is 24.5. The molecule has 168 valence electrons. The molecule has 4 rings (SSSR count). The van der Waals surface area contributed by atoms with Gasteiger partial charge in [-0.3, -0.25) is 4.79 Å². The Morgan fingerprint density at radius 1 is 1.23 bits per heavy atom. The second-order valence-electron chi connectivity index (χ2n) is 8.42. The van der Waals surface area contributed by atoms with Crippen LogP contribution in [0.2, 0.25) is 0 Å². The van der Waals surface area contributed by atoms with E-state index in [2.05, 4.69) is 23.4 Å². The summed E-state index contributed by atoms with van der Waals surface area (Å²) < 4.78 is 13.3. The maximum atomic E-state index is 13.2. The van der Waals surface area contributed by atoms with Gasteiger partial charge in [-0.05, 0) is 43.7 Å². The third-order valence-corrected chi connectivity index (χ3v) is 7.06. The Morgan fingerprint density at radius 2 is 1.97 bits per heavy atom. The summed E-state index contributed by atoms with van der Waals surface area (Å²) >= 11 is 4.26. The lowest BCUT2D eigenvalue weighted by Crippen LogP contribution is -2.52. The number of hydrogen-bond acceptors (Lipinski definition) is 6. The number of fused-ring (bicyclic) bond motifs is 1. The van der Waals surface area contributed by atoms with Crippen LogP contribution in [0.5, 0.6) is 5.75 Å². The minimum Gasteiger partial charge on any atom is -0.496 e. The number of methoxy groups -OCH3 is 2. The average molecular weight is 445 g/mol. The molecule has 2 heterocycles. The van der Waals surface area contributed by atoms with Crippen LogP contribution < -0.4 is 10.5 Å². The molecule has 2 unspecified atom stereocenters. The molecule has 2 N–H and O–H groups in total. The van der Waals surface area contributed by atoms with Crippen molar-refractivity contribution in [3.63, 3.8) is 0 Å². The minimum atomic E-state index is -0.601. The van der Waals surface area contributed by atoms with E-state index in [4.69, 9.17) is 20.2 Å². The van der Waals surface area contributed by atoms with Gasteiger partial charge in [0.25, 0.3) is 0 Å². The molecule has 1 amide bonds. The van der Waals surface area contributed by atoms with Crippen LogP contribution in [0, 0.1) is 5.92 Å². The van der Waals surface area contributed by atoms with E-state index in [1.807, 2.05) is 29.2 Å². The van der Waals surface area contributed by atoms with E-state index >= 15 is 0 Å². The molecule has 8 heteroatoms. The Hall–Kier alpha value is -2.03. The van der Waals surface area contributed by atoms with Crippen molar-refractivity contribution in [2.24, 2.45) is 11.7 Å². The number of carbonyl (C=O) groups excluding carboxylic acids is 1.